The monoisotopic (exact) mass is 260 g/mol. The molecule has 1 aromatic heterocycles. The van der Waals surface area contributed by atoms with Gasteiger partial charge in [-0.1, -0.05) is 26.8 Å². The van der Waals surface area contributed by atoms with E-state index in [4.69, 9.17) is 9.15 Å². The average molecular weight is 260 g/mol. The number of Topliss-reactive ketones (excluding diaryl/α,β-unsaturated/α-hetero) is 1. The molecule has 0 unspecified atom stereocenters. The molecule has 2 aromatic rings. The van der Waals surface area contributed by atoms with Crippen LogP contribution in [0.15, 0.2) is 28.7 Å². The molecule has 3 nitrogen and oxygen atoms in total. The molecule has 0 N–H and O–H groups in total. The minimum Gasteiger partial charge on any atom is -0.453 e. The van der Waals surface area contributed by atoms with E-state index in [0.717, 1.165) is 17.4 Å². The second-order valence-corrected chi connectivity index (χ2v) is 5.80. The normalized spacial score (nSPS) is 12.0. The van der Waals surface area contributed by atoms with E-state index in [-0.39, 0.29) is 5.78 Å². The largest absolute Gasteiger partial charge is 0.453 e. The van der Waals surface area contributed by atoms with Crippen LogP contribution in [0, 0.1) is 5.41 Å². The van der Waals surface area contributed by atoms with Crippen molar-refractivity contribution in [1.29, 1.82) is 0 Å². The van der Waals surface area contributed by atoms with E-state index in [1.54, 1.807) is 7.11 Å². The Hall–Kier alpha value is -1.61. The number of ether oxygens (including phenoxy) is 1. The second kappa shape index (κ2) is 5.17. The van der Waals surface area contributed by atoms with E-state index in [2.05, 4.69) is 6.07 Å². The van der Waals surface area contributed by atoms with Gasteiger partial charge >= 0.3 is 0 Å². The number of hydrogen-bond acceptors (Lipinski definition) is 3. The molecular weight excluding hydrogens is 240 g/mol. The van der Waals surface area contributed by atoms with Crippen molar-refractivity contribution in [1.82, 2.24) is 0 Å². The van der Waals surface area contributed by atoms with Crippen molar-refractivity contribution >= 4 is 16.8 Å². The minimum absolute atomic E-state index is 0.0298. The molecule has 0 aliphatic carbocycles. The highest BCUT2D eigenvalue weighted by Crippen LogP contribution is 2.27. The van der Waals surface area contributed by atoms with E-state index >= 15 is 0 Å². The summed E-state index contributed by atoms with van der Waals surface area (Å²) in [5.74, 6) is 0.466. The fourth-order valence-electron chi connectivity index (χ4n) is 1.95. The predicted octanol–water partition coefficient (Wildman–Crippen LogP) is 3.85. The Morgan fingerprint density at radius 2 is 2.00 bits per heavy atom. The Labute approximate surface area is 113 Å². The molecule has 0 aliphatic heterocycles. The molecule has 0 bridgehead atoms. The molecule has 0 radical (unpaired) electrons. The molecule has 0 saturated heterocycles. The molecule has 0 amide bonds. The summed E-state index contributed by atoms with van der Waals surface area (Å²) in [5.41, 5.74) is 1.52. The summed E-state index contributed by atoms with van der Waals surface area (Å²) in [6.07, 6.45) is 0.861. The molecule has 3 heteroatoms. The van der Waals surface area contributed by atoms with Crippen molar-refractivity contribution in [3.8, 4) is 0 Å². The summed E-state index contributed by atoms with van der Waals surface area (Å²) in [4.78, 5) is 12.2. The Balaban J connectivity index is 2.33. The third kappa shape index (κ3) is 3.04. The molecule has 0 spiro atoms. The molecule has 102 valence electrons. The molecule has 1 heterocycles. The summed E-state index contributed by atoms with van der Waals surface area (Å²) < 4.78 is 10.7. The van der Waals surface area contributed by atoms with Crippen LogP contribution in [0.3, 0.4) is 0 Å². The summed E-state index contributed by atoms with van der Waals surface area (Å²) in [7, 11) is 1.69. The first-order valence-electron chi connectivity index (χ1n) is 6.48. The number of fused-ring (bicyclic) bond motifs is 1. The Kier molecular flexibility index (Phi) is 3.76. The topological polar surface area (TPSA) is 39.4 Å². The van der Waals surface area contributed by atoms with E-state index in [1.807, 2.05) is 39.0 Å². The van der Waals surface area contributed by atoms with Gasteiger partial charge in [0, 0.05) is 17.9 Å². The van der Waals surface area contributed by atoms with Gasteiger partial charge in [-0.25, -0.2) is 0 Å². The van der Waals surface area contributed by atoms with Crippen LogP contribution in [0.1, 0.15) is 36.9 Å². The van der Waals surface area contributed by atoms with Gasteiger partial charge < -0.3 is 9.15 Å². The standard InChI is InChI=1S/C16H20O3/c1-16(2,3)15(17)14-10-12-9-11(7-8-18-4)5-6-13(12)19-14/h5-6,9-10H,7-8H2,1-4H3. The first-order chi connectivity index (χ1) is 8.91. The first-order valence-corrected chi connectivity index (χ1v) is 6.48. The quantitative estimate of drug-likeness (QED) is 0.784. The van der Waals surface area contributed by atoms with Crippen molar-refractivity contribution in [2.45, 2.75) is 27.2 Å². The van der Waals surface area contributed by atoms with Crippen molar-refractivity contribution in [3.05, 3.63) is 35.6 Å². The molecular formula is C16H20O3. The maximum Gasteiger partial charge on any atom is 0.203 e. The van der Waals surface area contributed by atoms with Crippen molar-refractivity contribution in [2.75, 3.05) is 13.7 Å². The number of furan rings is 1. The van der Waals surface area contributed by atoms with Gasteiger partial charge in [0.2, 0.25) is 5.78 Å². The lowest BCUT2D eigenvalue weighted by Crippen LogP contribution is -2.19. The van der Waals surface area contributed by atoms with Crippen LogP contribution >= 0.6 is 0 Å². The number of hydrogen-bond donors (Lipinski definition) is 0. The number of rotatable bonds is 4. The van der Waals surface area contributed by atoms with Gasteiger partial charge in [-0.3, -0.25) is 4.79 Å². The van der Waals surface area contributed by atoms with Crippen LogP contribution in [0.4, 0.5) is 0 Å². The second-order valence-electron chi connectivity index (χ2n) is 5.80. The van der Waals surface area contributed by atoms with E-state index in [0.29, 0.717) is 12.4 Å². The average Bonchev–Trinajstić information content (AvgIpc) is 2.76. The lowest BCUT2D eigenvalue weighted by atomic mass is 9.89. The number of carbonyl (C=O) groups excluding carboxylic acids is 1. The number of methoxy groups -OCH3 is 1. The summed E-state index contributed by atoms with van der Waals surface area (Å²) >= 11 is 0. The van der Waals surface area contributed by atoms with Gasteiger partial charge in [-0.2, -0.15) is 0 Å². The maximum atomic E-state index is 12.2. The summed E-state index contributed by atoms with van der Waals surface area (Å²) in [5, 5.41) is 0.973. The molecule has 0 saturated carbocycles. The molecule has 19 heavy (non-hydrogen) atoms. The van der Waals surface area contributed by atoms with Gasteiger partial charge in [-0.05, 0) is 30.2 Å². The smallest absolute Gasteiger partial charge is 0.203 e. The number of ketones is 1. The van der Waals surface area contributed by atoms with E-state index in [9.17, 15) is 4.79 Å². The first kappa shape index (κ1) is 13.8. The SMILES string of the molecule is COCCc1ccc2oc(C(=O)C(C)(C)C)cc2c1. The zero-order valence-corrected chi connectivity index (χ0v) is 11.9. The Bertz CT molecular complexity index is 588. The van der Waals surface area contributed by atoms with Gasteiger partial charge in [0.25, 0.3) is 0 Å². The zero-order valence-electron chi connectivity index (χ0n) is 11.9. The van der Waals surface area contributed by atoms with Crippen LogP contribution in [0.2, 0.25) is 0 Å². The lowest BCUT2D eigenvalue weighted by Gasteiger charge is -2.13. The lowest BCUT2D eigenvalue weighted by molar-refractivity contribution is 0.0831. The molecule has 0 aliphatic rings. The Morgan fingerprint density at radius 1 is 1.26 bits per heavy atom. The maximum absolute atomic E-state index is 12.2. The molecule has 0 fully saturated rings. The highest BCUT2D eigenvalue weighted by atomic mass is 16.5. The number of carbonyl (C=O) groups is 1. The highest BCUT2D eigenvalue weighted by molar-refractivity contribution is 6.00. The van der Waals surface area contributed by atoms with E-state index < -0.39 is 5.41 Å². The number of benzene rings is 1. The van der Waals surface area contributed by atoms with Gasteiger partial charge in [-0.15, -0.1) is 0 Å². The fraction of sp³-hybridized carbons (Fsp3) is 0.438. The Morgan fingerprint density at radius 3 is 2.63 bits per heavy atom. The van der Waals surface area contributed by atoms with Crippen LogP contribution < -0.4 is 0 Å². The van der Waals surface area contributed by atoms with E-state index in [1.165, 1.54) is 5.56 Å². The van der Waals surface area contributed by atoms with Gasteiger partial charge in [0.15, 0.2) is 5.76 Å². The van der Waals surface area contributed by atoms with Crippen LogP contribution in [-0.4, -0.2) is 19.5 Å². The minimum atomic E-state index is -0.424. The van der Waals surface area contributed by atoms with Crippen LogP contribution in [-0.2, 0) is 11.2 Å². The van der Waals surface area contributed by atoms with Crippen molar-refractivity contribution < 1.29 is 13.9 Å². The molecule has 1 aromatic carbocycles. The van der Waals surface area contributed by atoms with Gasteiger partial charge in [0.1, 0.15) is 5.58 Å². The summed E-state index contributed by atoms with van der Waals surface area (Å²) in [6, 6.07) is 7.81. The predicted molar refractivity (Wildman–Crippen MR) is 75.6 cm³/mol. The highest BCUT2D eigenvalue weighted by Gasteiger charge is 2.26. The third-order valence-corrected chi connectivity index (χ3v) is 3.08. The molecule has 2 rings (SSSR count). The van der Waals surface area contributed by atoms with Crippen LogP contribution in [0.5, 0.6) is 0 Å². The van der Waals surface area contributed by atoms with Crippen molar-refractivity contribution in [3.63, 3.8) is 0 Å². The fourth-order valence-corrected chi connectivity index (χ4v) is 1.95. The summed E-state index contributed by atoms with van der Waals surface area (Å²) in [6.45, 7) is 6.38. The van der Waals surface area contributed by atoms with Crippen LogP contribution in [0.25, 0.3) is 11.0 Å². The van der Waals surface area contributed by atoms with Gasteiger partial charge in [0.05, 0.1) is 6.61 Å². The molecule has 0 atom stereocenters. The zero-order chi connectivity index (χ0) is 14.0. The van der Waals surface area contributed by atoms with Crippen molar-refractivity contribution in [2.24, 2.45) is 5.41 Å². The third-order valence-electron chi connectivity index (χ3n) is 3.08.